The van der Waals surface area contributed by atoms with Crippen molar-refractivity contribution in [1.82, 2.24) is 9.29 Å². The molecule has 0 bridgehead atoms. The third-order valence-corrected chi connectivity index (χ3v) is 8.37. The first-order chi connectivity index (χ1) is 15.2. The number of aryl methyl sites for hydroxylation is 2. The van der Waals surface area contributed by atoms with E-state index < -0.39 is 10.0 Å². The maximum atomic E-state index is 13.6. The molecule has 7 heteroatoms. The number of H-pyrrole nitrogens is 1. The molecule has 4 rings (SSSR count). The van der Waals surface area contributed by atoms with Crippen molar-refractivity contribution in [2.24, 2.45) is 0 Å². The molecule has 168 valence electrons. The quantitative estimate of drug-likeness (QED) is 0.559. The summed E-state index contributed by atoms with van der Waals surface area (Å²) in [6.07, 6.45) is 3.47. The van der Waals surface area contributed by atoms with Crippen molar-refractivity contribution in [3.63, 3.8) is 0 Å². The molecule has 1 fully saturated rings. The fraction of sp³-hybridized carbons (Fsp3) is 0.360. The maximum Gasteiger partial charge on any atom is 0.252 e. The Morgan fingerprint density at radius 2 is 1.66 bits per heavy atom. The average Bonchev–Trinajstić information content (AvgIpc) is 3.28. The minimum Gasteiger partial charge on any atom is -0.322 e. The van der Waals surface area contributed by atoms with Crippen LogP contribution in [0, 0.1) is 13.8 Å². The van der Waals surface area contributed by atoms with Crippen molar-refractivity contribution < 1.29 is 13.2 Å². The van der Waals surface area contributed by atoms with Crippen molar-refractivity contribution in [2.45, 2.75) is 63.9 Å². The lowest BCUT2D eigenvalue weighted by atomic mass is 10.0. The van der Waals surface area contributed by atoms with Crippen LogP contribution in [-0.2, 0) is 16.6 Å². The molecule has 1 saturated carbocycles. The number of carbonyl (C=O) groups is 1. The van der Waals surface area contributed by atoms with Crippen LogP contribution >= 0.6 is 0 Å². The van der Waals surface area contributed by atoms with Gasteiger partial charge in [-0.2, -0.15) is 4.31 Å². The summed E-state index contributed by atoms with van der Waals surface area (Å²) in [5.41, 5.74) is 3.57. The summed E-state index contributed by atoms with van der Waals surface area (Å²) in [6.45, 7) is 5.47. The molecular formula is C25H28N2O4S. The third-order valence-electron chi connectivity index (χ3n) is 6.46. The number of carbonyl (C=O) groups excluding carboxylic acids is 1. The van der Waals surface area contributed by atoms with Gasteiger partial charge in [-0.15, -0.1) is 0 Å². The molecule has 0 saturated heterocycles. The first-order valence-electron chi connectivity index (χ1n) is 10.9. The zero-order valence-corrected chi connectivity index (χ0v) is 19.5. The zero-order valence-electron chi connectivity index (χ0n) is 18.6. The first kappa shape index (κ1) is 22.4. The highest BCUT2D eigenvalue weighted by Gasteiger charge is 2.34. The predicted octanol–water partition coefficient (Wildman–Crippen LogP) is 4.48. The van der Waals surface area contributed by atoms with Crippen LogP contribution in [0.3, 0.4) is 0 Å². The SMILES string of the molecule is CC(=O)c1ccc(S(=O)(=O)N(Cc2cc3cc(C)c(C)cc3[nH]c2=O)C2CCCC2)cc1. The summed E-state index contributed by atoms with van der Waals surface area (Å²) in [4.78, 5) is 27.5. The van der Waals surface area contributed by atoms with Crippen LogP contribution in [0.5, 0.6) is 0 Å². The molecule has 1 N–H and O–H groups in total. The molecule has 0 amide bonds. The minimum atomic E-state index is -3.84. The van der Waals surface area contributed by atoms with E-state index in [1.165, 1.54) is 35.5 Å². The van der Waals surface area contributed by atoms with Crippen LogP contribution in [0.15, 0.2) is 52.2 Å². The summed E-state index contributed by atoms with van der Waals surface area (Å²) in [7, 11) is -3.84. The molecule has 2 aromatic carbocycles. The molecule has 0 aliphatic heterocycles. The minimum absolute atomic E-state index is 0.0135. The summed E-state index contributed by atoms with van der Waals surface area (Å²) >= 11 is 0. The van der Waals surface area contributed by atoms with Gasteiger partial charge in [-0.25, -0.2) is 8.42 Å². The number of benzene rings is 2. The van der Waals surface area contributed by atoms with Crippen LogP contribution in [-0.4, -0.2) is 29.5 Å². The van der Waals surface area contributed by atoms with Crippen LogP contribution in [0.25, 0.3) is 10.9 Å². The fourth-order valence-corrected chi connectivity index (χ4v) is 6.07. The molecular weight excluding hydrogens is 424 g/mol. The highest BCUT2D eigenvalue weighted by molar-refractivity contribution is 7.89. The van der Waals surface area contributed by atoms with Crippen LogP contribution in [0.4, 0.5) is 0 Å². The van der Waals surface area contributed by atoms with E-state index in [1.54, 1.807) is 6.07 Å². The Morgan fingerprint density at radius 3 is 2.28 bits per heavy atom. The lowest BCUT2D eigenvalue weighted by Crippen LogP contribution is -2.39. The van der Waals surface area contributed by atoms with E-state index in [9.17, 15) is 18.0 Å². The Morgan fingerprint density at radius 1 is 1.03 bits per heavy atom. The van der Waals surface area contributed by atoms with Gasteiger partial charge in [0.15, 0.2) is 5.78 Å². The molecule has 0 spiro atoms. The number of sulfonamides is 1. The van der Waals surface area contributed by atoms with E-state index in [4.69, 9.17) is 0 Å². The van der Waals surface area contributed by atoms with Gasteiger partial charge < -0.3 is 4.98 Å². The summed E-state index contributed by atoms with van der Waals surface area (Å²) < 4.78 is 28.7. The van der Waals surface area contributed by atoms with Crippen molar-refractivity contribution in [3.05, 3.63) is 75.1 Å². The highest BCUT2D eigenvalue weighted by atomic mass is 32.2. The number of Topliss-reactive ketones (excluding diaryl/α,β-unsaturated/α-hetero) is 1. The van der Waals surface area contributed by atoms with E-state index in [2.05, 4.69) is 4.98 Å². The van der Waals surface area contributed by atoms with Gasteiger partial charge >= 0.3 is 0 Å². The van der Waals surface area contributed by atoms with Gasteiger partial charge in [-0.3, -0.25) is 9.59 Å². The van der Waals surface area contributed by atoms with Crippen molar-refractivity contribution in [3.8, 4) is 0 Å². The lowest BCUT2D eigenvalue weighted by molar-refractivity contribution is 0.101. The molecule has 0 atom stereocenters. The Bertz CT molecular complexity index is 1330. The van der Waals surface area contributed by atoms with Gasteiger partial charge in [-0.1, -0.05) is 25.0 Å². The van der Waals surface area contributed by atoms with Gasteiger partial charge in [0, 0.05) is 29.2 Å². The topological polar surface area (TPSA) is 87.3 Å². The Kier molecular flexibility index (Phi) is 6.05. The summed E-state index contributed by atoms with van der Waals surface area (Å²) in [5, 5.41) is 0.886. The van der Waals surface area contributed by atoms with Gasteiger partial charge in [0.2, 0.25) is 10.0 Å². The molecule has 1 aliphatic rings. The fourth-order valence-electron chi connectivity index (χ4n) is 4.41. The molecule has 1 aliphatic carbocycles. The third kappa shape index (κ3) is 4.27. The number of aromatic amines is 1. The Balaban J connectivity index is 1.76. The molecule has 0 radical (unpaired) electrons. The standard InChI is InChI=1S/C25H28N2O4S/c1-16-12-20-14-21(25(29)26-24(20)13-17(16)2)15-27(22-6-4-5-7-22)32(30,31)23-10-8-19(9-11-23)18(3)28/h8-14,22H,4-7,15H2,1-3H3,(H,26,29). The number of hydrogen-bond donors (Lipinski definition) is 1. The molecule has 32 heavy (non-hydrogen) atoms. The number of ketones is 1. The average molecular weight is 453 g/mol. The van der Waals surface area contributed by atoms with Crippen molar-refractivity contribution >= 4 is 26.7 Å². The summed E-state index contributed by atoms with van der Waals surface area (Å²) in [6, 6.07) is 11.6. The van der Waals surface area contributed by atoms with E-state index in [0.717, 1.165) is 47.7 Å². The largest absolute Gasteiger partial charge is 0.322 e. The van der Waals surface area contributed by atoms with Crippen molar-refractivity contribution in [1.29, 1.82) is 0 Å². The number of rotatable bonds is 6. The van der Waals surface area contributed by atoms with Crippen LogP contribution in [0.2, 0.25) is 0 Å². The van der Waals surface area contributed by atoms with E-state index >= 15 is 0 Å². The van der Waals surface area contributed by atoms with E-state index in [0.29, 0.717) is 11.1 Å². The lowest BCUT2D eigenvalue weighted by Gasteiger charge is -2.28. The predicted molar refractivity (Wildman–Crippen MR) is 125 cm³/mol. The summed E-state index contributed by atoms with van der Waals surface area (Å²) in [5.74, 6) is -0.116. The second kappa shape index (κ2) is 8.64. The Hall–Kier alpha value is -2.77. The smallest absolute Gasteiger partial charge is 0.252 e. The molecule has 0 unspecified atom stereocenters. The van der Waals surface area contributed by atoms with Crippen LogP contribution in [0.1, 0.15) is 59.7 Å². The van der Waals surface area contributed by atoms with Gasteiger partial charge in [0.25, 0.3) is 5.56 Å². The zero-order chi connectivity index (χ0) is 23.0. The van der Waals surface area contributed by atoms with Gasteiger partial charge in [0.05, 0.1) is 4.90 Å². The number of hydrogen-bond acceptors (Lipinski definition) is 4. The second-order valence-corrected chi connectivity index (χ2v) is 10.6. The molecule has 1 heterocycles. The van der Waals surface area contributed by atoms with Crippen molar-refractivity contribution in [2.75, 3.05) is 0 Å². The highest BCUT2D eigenvalue weighted by Crippen LogP contribution is 2.30. The van der Waals surface area contributed by atoms with E-state index in [-0.39, 0.29) is 28.8 Å². The Labute approximate surface area is 188 Å². The molecule has 6 nitrogen and oxygen atoms in total. The number of pyridine rings is 1. The molecule has 3 aromatic rings. The van der Waals surface area contributed by atoms with Gasteiger partial charge in [-0.05, 0) is 80.5 Å². The van der Waals surface area contributed by atoms with Crippen LogP contribution < -0.4 is 5.56 Å². The maximum absolute atomic E-state index is 13.6. The number of nitrogens with one attached hydrogen (secondary N) is 1. The molecule has 1 aromatic heterocycles. The van der Waals surface area contributed by atoms with Gasteiger partial charge in [0.1, 0.15) is 0 Å². The van der Waals surface area contributed by atoms with E-state index in [1.807, 2.05) is 26.0 Å². The number of fused-ring (bicyclic) bond motifs is 1. The number of aromatic nitrogens is 1. The normalized spacial score (nSPS) is 15.0. The second-order valence-electron chi connectivity index (χ2n) is 8.72. The number of nitrogens with zero attached hydrogens (tertiary/aromatic N) is 1. The first-order valence-corrected chi connectivity index (χ1v) is 12.4. The monoisotopic (exact) mass is 452 g/mol.